The molecule has 4 amide bonds. The van der Waals surface area contributed by atoms with Crippen LogP contribution in [0.1, 0.15) is 35.4 Å². The van der Waals surface area contributed by atoms with E-state index in [-0.39, 0.29) is 35.6 Å². The number of phenols is 1. The minimum atomic E-state index is -1.53. The number of anilines is 1. The SMILES string of the molecule is COc1ccc([C@@]23C(=O)N(Nc4ccc(Cl)cc4Cl)C(=O)[C@@H]2C[C@@H]2C(=CC[C@@H]4C(=O)N(Cc5ccccc5)C(=O)[C@@H]42)[C@@H]3c2ccc(O)c3ccccc23)cc1. The van der Waals surface area contributed by atoms with Crippen LogP contribution in [0.15, 0.2) is 121 Å². The summed E-state index contributed by atoms with van der Waals surface area (Å²) in [5.41, 5.74) is 4.78. The number of amides is 4. The van der Waals surface area contributed by atoms with E-state index in [1.54, 1.807) is 37.4 Å². The lowest BCUT2D eigenvalue weighted by Crippen LogP contribution is -2.53. The Bertz CT molecular complexity index is 2450. The predicted molar refractivity (Wildman–Crippen MR) is 208 cm³/mol. The number of methoxy groups -OCH3 is 1. The van der Waals surface area contributed by atoms with Gasteiger partial charge in [-0.3, -0.25) is 29.5 Å². The van der Waals surface area contributed by atoms with Crippen LogP contribution in [0.5, 0.6) is 11.5 Å². The van der Waals surface area contributed by atoms with Crippen LogP contribution in [0.2, 0.25) is 10.0 Å². The van der Waals surface area contributed by atoms with Gasteiger partial charge in [-0.2, -0.15) is 5.01 Å². The van der Waals surface area contributed by atoms with Crippen LogP contribution in [0.25, 0.3) is 10.8 Å². The van der Waals surface area contributed by atoms with Gasteiger partial charge < -0.3 is 9.84 Å². The van der Waals surface area contributed by atoms with E-state index in [0.717, 1.165) is 16.1 Å². The van der Waals surface area contributed by atoms with E-state index in [4.69, 9.17) is 27.9 Å². The van der Waals surface area contributed by atoms with Gasteiger partial charge in [-0.15, -0.1) is 0 Å². The maximum absolute atomic E-state index is 15.6. The maximum atomic E-state index is 15.6. The Hall–Kier alpha value is -5.64. The molecule has 0 bridgehead atoms. The number of carbonyl (C=O) groups excluding carboxylic acids is 4. The number of phenolic OH excluding ortho intramolecular Hbond substituents is 1. The lowest BCUT2D eigenvalue weighted by molar-refractivity contribution is -0.142. The third-order valence-corrected chi connectivity index (χ3v) is 12.6. The number of allylic oxidation sites excluding steroid dienone is 2. The van der Waals surface area contributed by atoms with Crippen LogP contribution in [0, 0.1) is 23.7 Å². The molecule has 276 valence electrons. The van der Waals surface area contributed by atoms with Gasteiger partial charge in [-0.05, 0) is 77.2 Å². The number of imide groups is 2. The first-order valence-corrected chi connectivity index (χ1v) is 18.9. The van der Waals surface area contributed by atoms with Gasteiger partial charge in [0.05, 0.1) is 47.5 Å². The fourth-order valence-electron chi connectivity index (χ4n) is 9.73. The van der Waals surface area contributed by atoms with Crippen LogP contribution < -0.4 is 10.2 Å². The number of likely N-dealkylation sites (tertiary alicyclic amines) is 1. The molecular weight excluding hydrogens is 737 g/mol. The highest BCUT2D eigenvalue weighted by atomic mass is 35.5. The Morgan fingerprint density at radius 3 is 2.27 bits per heavy atom. The molecule has 9 nitrogen and oxygen atoms in total. The van der Waals surface area contributed by atoms with Gasteiger partial charge in [0.2, 0.25) is 11.8 Å². The zero-order chi connectivity index (χ0) is 38.2. The number of hydrogen-bond donors (Lipinski definition) is 2. The van der Waals surface area contributed by atoms with Crippen molar-refractivity contribution in [1.29, 1.82) is 0 Å². The molecule has 2 heterocycles. The van der Waals surface area contributed by atoms with Crippen LogP contribution in [-0.2, 0) is 31.1 Å². The molecule has 3 fully saturated rings. The van der Waals surface area contributed by atoms with Crippen LogP contribution >= 0.6 is 23.2 Å². The van der Waals surface area contributed by atoms with Crippen LogP contribution in [0.4, 0.5) is 5.69 Å². The van der Waals surface area contributed by atoms with Gasteiger partial charge in [0.25, 0.3) is 11.8 Å². The second kappa shape index (κ2) is 13.3. The first kappa shape index (κ1) is 35.1. The number of fused-ring (bicyclic) bond motifs is 5. The van der Waals surface area contributed by atoms with E-state index in [0.29, 0.717) is 44.8 Å². The van der Waals surface area contributed by atoms with E-state index in [2.05, 4.69) is 5.43 Å². The normalized spacial score (nSPS) is 25.8. The molecule has 4 aliphatic rings. The second-order valence-electron chi connectivity index (χ2n) is 14.7. The molecule has 2 aliphatic heterocycles. The van der Waals surface area contributed by atoms with Crippen molar-refractivity contribution >= 4 is 63.3 Å². The predicted octanol–water partition coefficient (Wildman–Crippen LogP) is 8.05. The van der Waals surface area contributed by atoms with Gasteiger partial charge in [0.1, 0.15) is 11.5 Å². The first-order chi connectivity index (χ1) is 26.6. The number of ether oxygens (including phenoxy) is 1. The van der Waals surface area contributed by atoms with Gasteiger partial charge in [-0.25, -0.2) is 0 Å². The molecule has 0 radical (unpaired) electrons. The summed E-state index contributed by atoms with van der Waals surface area (Å²) in [5.74, 6) is -4.49. The summed E-state index contributed by atoms with van der Waals surface area (Å²) in [6.45, 7) is 0.149. The second-order valence-corrected chi connectivity index (χ2v) is 15.5. The van der Waals surface area contributed by atoms with Gasteiger partial charge in [0.15, 0.2) is 0 Å². The third kappa shape index (κ3) is 5.28. The van der Waals surface area contributed by atoms with Crippen molar-refractivity contribution in [3.63, 3.8) is 0 Å². The number of benzene rings is 5. The topological polar surface area (TPSA) is 116 Å². The molecule has 11 heteroatoms. The minimum absolute atomic E-state index is 0.0714. The average molecular weight is 773 g/mol. The molecule has 0 unspecified atom stereocenters. The van der Waals surface area contributed by atoms with Crippen LogP contribution in [-0.4, -0.2) is 45.8 Å². The Labute approximate surface area is 327 Å². The van der Waals surface area contributed by atoms with E-state index >= 15 is 9.59 Å². The third-order valence-electron chi connectivity index (χ3n) is 12.1. The lowest BCUT2D eigenvalue weighted by atomic mass is 9.49. The molecule has 9 rings (SSSR count). The summed E-state index contributed by atoms with van der Waals surface area (Å²) in [6, 6.07) is 32.2. The highest BCUT2D eigenvalue weighted by molar-refractivity contribution is 6.36. The molecule has 2 saturated heterocycles. The largest absolute Gasteiger partial charge is 0.507 e. The van der Waals surface area contributed by atoms with Crippen molar-refractivity contribution < 1.29 is 29.0 Å². The van der Waals surface area contributed by atoms with Gasteiger partial charge in [-0.1, -0.05) is 108 Å². The standard InChI is InChI=1S/C44H35Cl2N3O6/c1-55-27-14-11-25(12-15-27)44-34(41(52)49(43(44)54)47-36-19-13-26(45)21-35(36)46)22-33-31(39(44)30-18-20-37(50)29-10-6-5-9-28(29)30)16-17-32-38(33)42(53)48(40(32)51)23-24-7-3-2-4-8-24/h2-16,18-21,32-34,38-39,47,50H,17,22-23H2,1H3/t32-,33+,34-,38-,39-,44+/m0/s1. The number of hydrogen-bond acceptors (Lipinski definition) is 7. The van der Waals surface area contributed by atoms with Crippen LogP contribution in [0.3, 0.4) is 0 Å². The maximum Gasteiger partial charge on any atom is 0.260 e. The molecule has 5 aromatic carbocycles. The number of hydrazine groups is 1. The van der Waals surface area contributed by atoms with Crippen molar-refractivity contribution in [2.24, 2.45) is 23.7 Å². The molecule has 2 aliphatic carbocycles. The fraction of sp³-hybridized carbons (Fsp3) is 0.227. The van der Waals surface area contributed by atoms with Crippen molar-refractivity contribution in [3.8, 4) is 11.5 Å². The molecule has 0 spiro atoms. The highest BCUT2D eigenvalue weighted by Crippen LogP contribution is 2.65. The number of nitrogens with one attached hydrogen (secondary N) is 1. The monoisotopic (exact) mass is 771 g/mol. The fourth-order valence-corrected chi connectivity index (χ4v) is 10.2. The van der Waals surface area contributed by atoms with Crippen molar-refractivity contribution in [1.82, 2.24) is 9.91 Å². The summed E-state index contributed by atoms with van der Waals surface area (Å²) in [6.07, 6.45) is 2.47. The summed E-state index contributed by atoms with van der Waals surface area (Å²) < 4.78 is 5.51. The zero-order valence-corrected chi connectivity index (χ0v) is 31.1. The molecule has 6 atom stereocenters. The number of carbonyl (C=O) groups is 4. The molecule has 2 N–H and O–H groups in total. The Morgan fingerprint density at radius 1 is 0.818 bits per heavy atom. The molecule has 55 heavy (non-hydrogen) atoms. The molecule has 0 aromatic heterocycles. The lowest BCUT2D eigenvalue weighted by Gasteiger charge is -2.51. The highest BCUT2D eigenvalue weighted by Gasteiger charge is 2.70. The Morgan fingerprint density at radius 2 is 1.55 bits per heavy atom. The average Bonchev–Trinajstić information content (AvgIpc) is 3.57. The van der Waals surface area contributed by atoms with E-state index in [1.807, 2.05) is 78.9 Å². The minimum Gasteiger partial charge on any atom is -0.507 e. The van der Waals surface area contributed by atoms with Crippen molar-refractivity contribution in [2.45, 2.75) is 30.7 Å². The van der Waals surface area contributed by atoms with Gasteiger partial charge >= 0.3 is 0 Å². The summed E-state index contributed by atoms with van der Waals surface area (Å²) in [7, 11) is 1.56. The van der Waals surface area contributed by atoms with Gasteiger partial charge in [0, 0.05) is 16.3 Å². The van der Waals surface area contributed by atoms with Crippen molar-refractivity contribution in [2.75, 3.05) is 12.5 Å². The molecule has 1 saturated carbocycles. The molecule has 5 aromatic rings. The van der Waals surface area contributed by atoms with E-state index < -0.39 is 46.8 Å². The summed E-state index contributed by atoms with van der Waals surface area (Å²) in [4.78, 5) is 60.7. The number of nitrogens with zero attached hydrogens (tertiary/aromatic N) is 2. The quantitative estimate of drug-likeness (QED) is 0.127. The Balaban J connectivity index is 1.26. The number of aromatic hydroxyl groups is 1. The van der Waals surface area contributed by atoms with Crippen molar-refractivity contribution in [3.05, 3.63) is 148 Å². The first-order valence-electron chi connectivity index (χ1n) is 18.2. The number of rotatable bonds is 7. The number of halogens is 2. The summed E-state index contributed by atoms with van der Waals surface area (Å²) >= 11 is 12.8. The van der Waals surface area contributed by atoms with E-state index in [1.165, 1.54) is 11.0 Å². The summed E-state index contributed by atoms with van der Waals surface area (Å²) in [5, 5.41) is 14.0. The Kier molecular flexibility index (Phi) is 8.47. The van der Waals surface area contributed by atoms with E-state index in [9.17, 15) is 14.7 Å². The molecular formula is C44H35Cl2N3O6. The zero-order valence-electron chi connectivity index (χ0n) is 29.6. The smallest absolute Gasteiger partial charge is 0.260 e.